The zero-order valence-electron chi connectivity index (χ0n) is 8.18. The van der Waals surface area contributed by atoms with E-state index in [0.717, 1.165) is 18.7 Å². The monoisotopic (exact) mass is 432 g/mol. The van der Waals surface area contributed by atoms with E-state index in [2.05, 4.69) is 31.9 Å². The van der Waals surface area contributed by atoms with Crippen LogP contribution in [0.3, 0.4) is 0 Å². The third-order valence-corrected chi connectivity index (χ3v) is 6.11. The lowest BCUT2D eigenvalue weighted by Crippen LogP contribution is -1.91. The Morgan fingerprint density at radius 2 is 1.76 bits per heavy atom. The maximum absolute atomic E-state index is 6.41. The lowest BCUT2D eigenvalue weighted by Gasteiger charge is -2.09. The average molecular weight is 435 g/mol. The Balaban J connectivity index is 2.39. The third kappa shape index (κ3) is 3.20. The Morgan fingerprint density at radius 3 is 2.29 bits per heavy atom. The van der Waals surface area contributed by atoms with Crippen molar-refractivity contribution >= 4 is 78.0 Å². The van der Waals surface area contributed by atoms with Crippen LogP contribution in [0.5, 0.6) is 0 Å². The smallest absolute Gasteiger partial charge is 0.0943 e. The number of alkyl halides is 1. The second-order valence-corrected chi connectivity index (χ2v) is 7.87. The van der Waals surface area contributed by atoms with Crippen LogP contribution in [0.15, 0.2) is 32.5 Å². The summed E-state index contributed by atoms with van der Waals surface area (Å²) in [7, 11) is 0. The van der Waals surface area contributed by atoms with Gasteiger partial charge in [0, 0.05) is 14.4 Å². The second-order valence-electron chi connectivity index (χ2n) is 3.30. The van der Waals surface area contributed by atoms with Gasteiger partial charge in [0.1, 0.15) is 0 Å². The van der Waals surface area contributed by atoms with Crippen LogP contribution in [0.4, 0.5) is 0 Å². The summed E-state index contributed by atoms with van der Waals surface area (Å²) in [5.41, 5.74) is 0.877. The predicted octanol–water partition coefficient (Wildman–Crippen LogP) is 6.91. The van der Waals surface area contributed by atoms with Crippen LogP contribution < -0.4 is 0 Å². The van der Waals surface area contributed by atoms with E-state index >= 15 is 0 Å². The van der Waals surface area contributed by atoms with Gasteiger partial charge in [-0.1, -0.05) is 45.2 Å². The highest BCUT2D eigenvalue weighted by atomic mass is 79.9. The molecule has 0 saturated carbocycles. The molecule has 0 spiro atoms. The highest BCUT2D eigenvalue weighted by molar-refractivity contribution is 9.11. The predicted molar refractivity (Wildman–Crippen MR) is 83.9 cm³/mol. The summed E-state index contributed by atoms with van der Waals surface area (Å²) in [6, 6.07) is 7.51. The Kier molecular flexibility index (Phi) is 4.84. The fourth-order valence-electron chi connectivity index (χ4n) is 1.35. The molecular weight excluding hydrogens is 430 g/mol. The molecule has 1 atom stereocenters. The first-order valence-corrected chi connectivity index (χ1v) is 8.12. The Morgan fingerprint density at radius 1 is 1.06 bits per heavy atom. The van der Waals surface area contributed by atoms with Crippen molar-refractivity contribution in [3.8, 4) is 0 Å². The largest absolute Gasteiger partial charge is 0.130 e. The molecule has 1 unspecified atom stereocenters. The lowest BCUT2D eigenvalue weighted by atomic mass is 10.1. The van der Waals surface area contributed by atoms with Gasteiger partial charge in [-0.25, -0.2) is 0 Å². The van der Waals surface area contributed by atoms with Gasteiger partial charge in [0.25, 0.3) is 0 Å². The van der Waals surface area contributed by atoms with Crippen LogP contribution >= 0.6 is 78.0 Å². The molecule has 0 nitrogen and oxygen atoms in total. The molecule has 1 aromatic carbocycles. The molecule has 1 heterocycles. The maximum Gasteiger partial charge on any atom is 0.0943 e. The number of benzene rings is 1. The van der Waals surface area contributed by atoms with E-state index in [4.69, 9.17) is 34.8 Å². The molecule has 2 aromatic rings. The molecule has 0 fully saturated rings. The molecule has 90 valence electrons. The van der Waals surface area contributed by atoms with Crippen molar-refractivity contribution in [1.29, 1.82) is 0 Å². The van der Waals surface area contributed by atoms with E-state index in [1.54, 1.807) is 0 Å². The SMILES string of the molecule is Clc1cc(Br)ccc1C(Cl)c1cc(Cl)c(Br)s1. The summed E-state index contributed by atoms with van der Waals surface area (Å²) >= 11 is 26.8. The number of halogens is 5. The zero-order valence-corrected chi connectivity index (χ0v) is 14.4. The number of hydrogen-bond donors (Lipinski definition) is 0. The molecule has 0 saturated heterocycles. The van der Waals surface area contributed by atoms with Gasteiger partial charge in [-0.05, 0) is 39.7 Å². The number of rotatable bonds is 2. The molecular formula is C11H5Br2Cl3S. The minimum atomic E-state index is -0.288. The van der Waals surface area contributed by atoms with E-state index in [1.807, 2.05) is 24.3 Å². The second kappa shape index (κ2) is 5.81. The van der Waals surface area contributed by atoms with E-state index in [-0.39, 0.29) is 5.38 Å². The normalized spacial score (nSPS) is 12.8. The quantitative estimate of drug-likeness (QED) is 0.450. The first-order chi connectivity index (χ1) is 7.99. The van der Waals surface area contributed by atoms with E-state index in [1.165, 1.54) is 11.3 Å². The molecule has 0 bridgehead atoms. The fourth-order valence-corrected chi connectivity index (χ4v) is 4.32. The number of hydrogen-bond acceptors (Lipinski definition) is 1. The van der Waals surface area contributed by atoms with Gasteiger partial charge < -0.3 is 0 Å². The van der Waals surface area contributed by atoms with Crippen LogP contribution in [0.25, 0.3) is 0 Å². The fraction of sp³-hybridized carbons (Fsp3) is 0.0909. The van der Waals surface area contributed by atoms with E-state index in [9.17, 15) is 0 Å². The molecule has 0 aliphatic rings. The highest BCUT2D eigenvalue weighted by Crippen LogP contribution is 2.42. The van der Waals surface area contributed by atoms with Crippen molar-refractivity contribution in [2.75, 3.05) is 0 Å². The standard InChI is InChI=1S/C11H5Br2Cl3S/c12-5-1-2-6(7(14)3-5)10(16)9-4-8(15)11(13)17-9/h1-4,10H. The van der Waals surface area contributed by atoms with Gasteiger partial charge >= 0.3 is 0 Å². The minimum Gasteiger partial charge on any atom is -0.130 e. The van der Waals surface area contributed by atoms with Crippen molar-refractivity contribution in [1.82, 2.24) is 0 Å². The summed E-state index contributed by atoms with van der Waals surface area (Å²) in [5.74, 6) is 0. The highest BCUT2D eigenvalue weighted by Gasteiger charge is 2.18. The summed E-state index contributed by atoms with van der Waals surface area (Å²) in [4.78, 5) is 0.966. The molecule has 0 amide bonds. The molecule has 6 heteroatoms. The van der Waals surface area contributed by atoms with Gasteiger partial charge in [-0.2, -0.15) is 0 Å². The van der Waals surface area contributed by atoms with E-state index < -0.39 is 0 Å². The molecule has 0 radical (unpaired) electrons. The Hall–Kier alpha value is 0.750. The van der Waals surface area contributed by atoms with Crippen molar-refractivity contribution in [2.24, 2.45) is 0 Å². The van der Waals surface area contributed by atoms with Gasteiger partial charge in [0.15, 0.2) is 0 Å². The van der Waals surface area contributed by atoms with Gasteiger partial charge in [-0.15, -0.1) is 22.9 Å². The Bertz CT molecular complexity index is 534. The van der Waals surface area contributed by atoms with Gasteiger partial charge in [-0.3, -0.25) is 0 Å². The van der Waals surface area contributed by atoms with Crippen LogP contribution in [0.2, 0.25) is 10.0 Å². The summed E-state index contributed by atoms with van der Waals surface area (Å²) in [6.07, 6.45) is 0. The molecule has 17 heavy (non-hydrogen) atoms. The molecule has 0 aliphatic heterocycles. The van der Waals surface area contributed by atoms with Crippen LogP contribution in [-0.2, 0) is 0 Å². The first-order valence-electron chi connectivity index (χ1n) is 4.53. The summed E-state index contributed by atoms with van der Waals surface area (Å²) < 4.78 is 1.81. The van der Waals surface area contributed by atoms with Crippen molar-refractivity contribution < 1.29 is 0 Å². The minimum absolute atomic E-state index is 0.288. The molecule has 0 aliphatic carbocycles. The molecule has 1 aromatic heterocycles. The van der Waals surface area contributed by atoms with Crippen LogP contribution in [0.1, 0.15) is 15.8 Å². The summed E-state index contributed by atoms with van der Waals surface area (Å²) in [6.45, 7) is 0. The van der Waals surface area contributed by atoms with E-state index in [0.29, 0.717) is 10.0 Å². The maximum atomic E-state index is 6.41. The van der Waals surface area contributed by atoms with Crippen molar-refractivity contribution in [2.45, 2.75) is 5.38 Å². The van der Waals surface area contributed by atoms with Crippen molar-refractivity contribution in [3.05, 3.63) is 53.0 Å². The average Bonchev–Trinajstić information content (AvgIpc) is 2.58. The number of thiophene rings is 1. The zero-order chi connectivity index (χ0) is 12.6. The first kappa shape index (κ1) is 14.2. The summed E-state index contributed by atoms with van der Waals surface area (Å²) in [5, 5.41) is 1.02. The molecule has 2 rings (SSSR count). The van der Waals surface area contributed by atoms with Crippen LogP contribution in [0, 0.1) is 0 Å². The molecule has 0 N–H and O–H groups in total. The third-order valence-electron chi connectivity index (χ3n) is 2.15. The Labute approximate surface area is 135 Å². The van der Waals surface area contributed by atoms with Crippen LogP contribution in [-0.4, -0.2) is 0 Å². The topological polar surface area (TPSA) is 0 Å². The van der Waals surface area contributed by atoms with Gasteiger partial charge in [0.2, 0.25) is 0 Å². The van der Waals surface area contributed by atoms with Crippen molar-refractivity contribution in [3.63, 3.8) is 0 Å². The lowest BCUT2D eigenvalue weighted by molar-refractivity contribution is 1.18. The van der Waals surface area contributed by atoms with Gasteiger partial charge in [0.05, 0.1) is 14.2 Å².